The number of hydrogen-bond acceptors (Lipinski definition) is 3. The van der Waals surface area contributed by atoms with Gasteiger partial charge in [0.25, 0.3) is 10.0 Å². The maximum absolute atomic E-state index is 13.5. The van der Waals surface area contributed by atoms with Gasteiger partial charge in [-0.05, 0) is 57.9 Å². The Morgan fingerprint density at radius 2 is 1.33 bits per heavy atom. The van der Waals surface area contributed by atoms with E-state index in [0.717, 1.165) is 57.1 Å². The van der Waals surface area contributed by atoms with E-state index in [0.29, 0.717) is 11.3 Å². The molecule has 0 spiro atoms. The van der Waals surface area contributed by atoms with E-state index in [4.69, 9.17) is 0 Å². The van der Waals surface area contributed by atoms with Gasteiger partial charge in [0.15, 0.2) is 0 Å². The highest BCUT2D eigenvalue weighted by Crippen LogP contribution is 2.43. The zero-order chi connectivity index (χ0) is 27.2. The molecule has 6 aromatic rings. The molecule has 0 unspecified atom stereocenters. The Morgan fingerprint density at radius 1 is 0.718 bits per heavy atom. The summed E-state index contributed by atoms with van der Waals surface area (Å²) >= 11 is 0. The van der Waals surface area contributed by atoms with Gasteiger partial charge in [-0.25, -0.2) is 13.4 Å². The zero-order valence-electron chi connectivity index (χ0n) is 20.2. The predicted molar refractivity (Wildman–Crippen MR) is 146 cm³/mol. The first-order chi connectivity index (χ1) is 18.7. The molecular weight excluding hydrogens is 523 g/mol. The molecule has 5 nitrogen and oxygen atoms in total. The number of nitrogens with zero attached hydrogens (tertiary/aromatic N) is 2. The summed E-state index contributed by atoms with van der Waals surface area (Å²) in [5.41, 5.74) is 1.59. The van der Waals surface area contributed by atoms with E-state index in [1.165, 1.54) is 0 Å². The third-order valence-electron chi connectivity index (χ3n) is 6.60. The first-order valence-corrected chi connectivity index (χ1v) is 13.4. The minimum atomic E-state index is -4.57. The molecule has 39 heavy (non-hydrogen) atoms. The lowest BCUT2D eigenvalue weighted by atomic mass is 9.91. The SMILES string of the molecule is O=S(=O)(Nc1ccc2ccccc2c1-c1c(-n2ccnc2)ccc2ccccc12)c1ccc(C(F)(F)F)cc1. The lowest BCUT2D eigenvalue weighted by molar-refractivity contribution is -0.137. The Morgan fingerprint density at radius 3 is 1.95 bits per heavy atom. The van der Waals surface area contributed by atoms with Crippen LogP contribution in [0, 0.1) is 0 Å². The van der Waals surface area contributed by atoms with Gasteiger partial charge in [0.05, 0.1) is 28.2 Å². The number of benzene rings is 5. The van der Waals surface area contributed by atoms with E-state index in [9.17, 15) is 21.6 Å². The first-order valence-electron chi connectivity index (χ1n) is 11.9. The predicted octanol–water partition coefficient (Wildman–Crippen LogP) is 7.67. The Bertz CT molecular complexity index is 1930. The monoisotopic (exact) mass is 543 g/mol. The van der Waals surface area contributed by atoms with Crippen molar-refractivity contribution in [3.8, 4) is 16.8 Å². The molecule has 0 fully saturated rings. The van der Waals surface area contributed by atoms with E-state index < -0.39 is 21.8 Å². The average molecular weight is 544 g/mol. The minimum absolute atomic E-state index is 0.276. The molecule has 1 N–H and O–H groups in total. The molecular formula is C30H20F3N3O2S. The molecule has 1 heterocycles. The van der Waals surface area contributed by atoms with Crippen LogP contribution in [0.2, 0.25) is 0 Å². The van der Waals surface area contributed by atoms with Crippen LogP contribution in [0.3, 0.4) is 0 Å². The summed E-state index contributed by atoms with van der Waals surface area (Å²) in [6, 6.07) is 26.3. The third-order valence-corrected chi connectivity index (χ3v) is 7.99. The smallest absolute Gasteiger partial charge is 0.306 e. The van der Waals surface area contributed by atoms with Crippen molar-refractivity contribution in [1.29, 1.82) is 0 Å². The van der Waals surface area contributed by atoms with Crippen molar-refractivity contribution >= 4 is 37.3 Å². The standard InChI is InChI=1S/C30H20F3N3O2S/c31-30(32,33)22-11-13-23(14-12-22)39(37,38)35-26-15-9-20-5-1-3-7-24(20)28(26)29-25-8-4-2-6-21(25)10-16-27(29)36-18-17-34-19-36/h1-19,35H. The summed E-state index contributed by atoms with van der Waals surface area (Å²) in [5, 5.41) is 3.56. The number of alkyl halides is 3. The molecule has 0 radical (unpaired) electrons. The third kappa shape index (κ3) is 4.51. The maximum atomic E-state index is 13.5. The molecule has 5 aromatic carbocycles. The van der Waals surface area contributed by atoms with Crippen LogP contribution in [-0.4, -0.2) is 18.0 Å². The fraction of sp³-hybridized carbons (Fsp3) is 0.0333. The summed E-state index contributed by atoms with van der Waals surface area (Å²) in [6.07, 6.45) is 0.575. The number of halogens is 3. The van der Waals surface area contributed by atoms with Gasteiger partial charge in [-0.2, -0.15) is 13.2 Å². The summed E-state index contributed by atoms with van der Waals surface area (Å²) < 4.78 is 70.6. The van der Waals surface area contributed by atoms with Crippen molar-refractivity contribution in [3.05, 3.63) is 121 Å². The Kier molecular flexibility index (Phi) is 5.88. The van der Waals surface area contributed by atoms with Gasteiger partial charge < -0.3 is 4.57 Å². The number of rotatable bonds is 5. The molecule has 0 amide bonds. The molecule has 0 saturated carbocycles. The molecule has 9 heteroatoms. The van der Waals surface area contributed by atoms with Gasteiger partial charge in [0.1, 0.15) is 0 Å². The maximum Gasteiger partial charge on any atom is 0.416 e. The number of aromatic nitrogens is 2. The summed E-state index contributed by atoms with van der Waals surface area (Å²) in [6.45, 7) is 0. The van der Waals surface area contributed by atoms with Crippen LogP contribution >= 0.6 is 0 Å². The van der Waals surface area contributed by atoms with Crippen LogP contribution in [0.25, 0.3) is 38.4 Å². The van der Waals surface area contributed by atoms with Crippen LogP contribution in [-0.2, 0) is 16.2 Å². The second-order valence-electron chi connectivity index (χ2n) is 8.99. The number of nitrogens with one attached hydrogen (secondary N) is 1. The van der Waals surface area contributed by atoms with Crippen molar-refractivity contribution in [3.63, 3.8) is 0 Å². The number of anilines is 1. The van der Waals surface area contributed by atoms with Crippen molar-refractivity contribution in [1.82, 2.24) is 9.55 Å². The quantitative estimate of drug-likeness (QED) is 0.243. The summed E-state index contributed by atoms with van der Waals surface area (Å²) in [7, 11) is -4.23. The summed E-state index contributed by atoms with van der Waals surface area (Å²) in [4.78, 5) is 3.92. The van der Waals surface area contributed by atoms with Crippen LogP contribution < -0.4 is 4.72 Å². The molecule has 6 rings (SSSR count). The van der Waals surface area contributed by atoms with Gasteiger partial charge in [-0.15, -0.1) is 0 Å². The molecule has 0 aliphatic carbocycles. The summed E-state index contributed by atoms with van der Waals surface area (Å²) in [5.74, 6) is 0. The van der Waals surface area contributed by atoms with Crippen molar-refractivity contribution in [2.45, 2.75) is 11.1 Å². The molecule has 1 aromatic heterocycles. The number of fused-ring (bicyclic) bond motifs is 2. The highest BCUT2D eigenvalue weighted by atomic mass is 32.2. The lowest BCUT2D eigenvalue weighted by Crippen LogP contribution is -2.14. The Balaban J connectivity index is 1.60. The van der Waals surface area contributed by atoms with Crippen LogP contribution in [0.5, 0.6) is 0 Å². The van der Waals surface area contributed by atoms with Crippen molar-refractivity contribution in [2.75, 3.05) is 4.72 Å². The van der Waals surface area contributed by atoms with Gasteiger partial charge in [0, 0.05) is 23.5 Å². The molecule has 0 aliphatic rings. The average Bonchev–Trinajstić information content (AvgIpc) is 3.47. The number of imidazole rings is 1. The highest BCUT2D eigenvalue weighted by Gasteiger charge is 2.31. The van der Waals surface area contributed by atoms with E-state index in [2.05, 4.69) is 9.71 Å². The van der Waals surface area contributed by atoms with E-state index >= 15 is 0 Å². The Hall–Kier alpha value is -4.63. The van der Waals surface area contributed by atoms with Crippen LogP contribution in [0.1, 0.15) is 5.56 Å². The van der Waals surface area contributed by atoms with E-state index in [1.54, 1.807) is 18.6 Å². The zero-order valence-corrected chi connectivity index (χ0v) is 21.0. The fourth-order valence-electron chi connectivity index (χ4n) is 4.79. The topological polar surface area (TPSA) is 64.0 Å². The van der Waals surface area contributed by atoms with Gasteiger partial charge in [-0.1, -0.05) is 60.7 Å². The largest absolute Gasteiger partial charge is 0.416 e. The van der Waals surface area contributed by atoms with Gasteiger partial charge in [0.2, 0.25) is 0 Å². The number of hydrogen-bond donors (Lipinski definition) is 1. The molecule has 0 aliphatic heterocycles. The Labute approximate surface area is 222 Å². The highest BCUT2D eigenvalue weighted by molar-refractivity contribution is 7.92. The normalized spacial score (nSPS) is 12.2. The molecule has 0 atom stereocenters. The second kappa shape index (κ2) is 9.28. The van der Waals surface area contributed by atoms with Crippen molar-refractivity contribution in [2.24, 2.45) is 0 Å². The van der Waals surface area contributed by atoms with Gasteiger partial charge >= 0.3 is 6.18 Å². The van der Waals surface area contributed by atoms with Gasteiger partial charge in [-0.3, -0.25) is 4.72 Å². The molecule has 194 valence electrons. The van der Waals surface area contributed by atoms with Crippen molar-refractivity contribution < 1.29 is 21.6 Å². The molecule has 0 bridgehead atoms. The van der Waals surface area contributed by atoms with E-state index in [1.807, 2.05) is 77.5 Å². The van der Waals surface area contributed by atoms with E-state index in [-0.39, 0.29) is 4.90 Å². The minimum Gasteiger partial charge on any atom is -0.306 e. The lowest BCUT2D eigenvalue weighted by Gasteiger charge is -2.20. The number of sulfonamides is 1. The fourth-order valence-corrected chi connectivity index (χ4v) is 5.86. The first kappa shape index (κ1) is 24.7. The second-order valence-corrected chi connectivity index (χ2v) is 10.7. The van der Waals surface area contributed by atoms with Crippen LogP contribution in [0.15, 0.2) is 121 Å². The molecule has 0 saturated heterocycles. The van der Waals surface area contributed by atoms with Crippen LogP contribution in [0.4, 0.5) is 18.9 Å².